The Morgan fingerprint density at radius 1 is 0.472 bits per heavy atom. The Morgan fingerprint density at radius 2 is 0.854 bits per heavy atom. The zero-order valence-electron chi connectivity index (χ0n) is 47.0. The maximum absolute atomic E-state index is 13.0. The summed E-state index contributed by atoms with van der Waals surface area (Å²) in [6.45, 7) is 0.374. The van der Waals surface area contributed by atoms with E-state index < -0.39 is 41.2 Å². The summed E-state index contributed by atoms with van der Waals surface area (Å²) in [5.41, 5.74) is -1.88. The minimum atomic E-state index is -4.55. The third-order valence-corrected chi connectivity index (χ3v) is 13.5. The van der Waals surface area contributed by atoms with E-state index in [2.05, 4.69) is 44.9 Å². The largest absolute Gasteiger partial charge is 1.00 e. The number of halogens is 10. The molecule has 0 saturated heterocycles. The number of nitrogens with one attached hydrogen (secondary N) is 1. The van der Waals surface area contributed by atoms with Crippen molar-refractivity contribution in [1.82, 2.24) is 44.9 Å². The van der Waals surface area contributed by atoms with Crippen LogP contribution in [0.15, 0.2) is 179 Å². The fourth-order valence-corrected chi connectivity index (χ4v) is 9.17. The monoisotopic (exact) mass is 1320 g/mol. The quantitative estimate of drug-likeness (QED) is 0.0555. The molecule has 0 fully saturated rings. The van der Waals surface area contributed by atoms with E-state index in [0.29, 0.717) is 28.7 Å². The first-order chi connectivity index (χ1) is 42.1. The van der Waals surface area contributed by atoms with Gasteiger partial charge in [0.1, 0.15) is 47.1 Å². The molecule has 5 aromatic carbocycles. The van der Waals surface area contributed by atoms with E-state index in [-0.39, 0.29) is 105 Å². The van der Waals surface area contributed by atoms with Gasteiger partial charge in [0.25, 0.3) is 5.56 Å². The third kappa shape index (κ3) is 21.0. The van der Waals surface area contributed by atoms with Crippen molar-refractivity contribution in [3.05, 3.63) is 218 Å². The van der Waals surface area contributed by atoms with E-state index in [1.165, 1.54) is 12.1 Å². The number of alkyl halides is 9. The molecule has 0 spiro atoms. The number of hydrogen-bond acceptors (Lipinski definition) is 19. The number of H-pyrrole nitrogens is 1. The molecule has 0 aliphatic heterocycles. The number of para-hydroxylation sites is 3. The van der Waals surface area contributed by atoms with Gasteiger partial charge in [-0.1, -0.05) is 90.5 Å². The molecule has 6 heterocycles. The second-order valence-corrected chi connectivity index (χ2v) is 20.2. The Balaban J connectivity index is 0.000000203. The van der Waals surface area contributed by atoms with Crippen LogP contribution >= 0.6 is 45.6 Å². The van der Waals surface area contributed by atoms with Gasteiger partial charge < -0.3 is 39.9 Å². The zero-order chi connectivity index (χ0) is 62.8. The normalized spacial score (nSPS) is 11.0. The van der Waals surface area contributed by atoms with Crippen molar-refractivity contribution in [2.24, 2.45) is 0 Å². The fourth-order valence-electron chi connectivity index (χ4n) is 6.71. The molecular weight excluding hydrogens is 1280 g/mol. The predicted molar refractivity (Wildman–Crippen MR) is 309 cm³/mol. The topological polar surface area (TPSA) is 212 Å². The predicted octanol–water partition coefficient (Wildman–Crippen LogP) is 13.1. The van der Waals surface area contributed by atoms with E-state index in [0.717, 1.165) is 67.3 Å². The summed E-state index contributed by atoms with van der Waals surface area (Å²) in [5.74, 6) is 2.94. The second kappa shape index (κ2) is 31.5. The molecule has 0 saturated carbocycles. The minimum Gasteiger partial charge on any atom is -1.00 e. The molecule has 11 rings (SSSR count). The van der Waals surface area contributed by atoms with Crippen LogP contribution in [0.5, 0.6) is 52.3 Å². The first kappa shape index (κ1) is 67.8. The van der Waals surface area contributed by atoms with Crippen molar-refractivity contribution in [1.29, 1.82) is 0 Å². The fraction of sp³-hybridized carbons (Fsp3) is 0.121. The number of nitrogens with zero attached hydrogens (tertiary/aromatic N) is 8. The smallest absolute Gasteiger partial charge is 1.00 e. The van der Waals surface area contributed by atoms with Gasteiger partial charge >= 0.3 is 48.1 Å². The number of aromatic nitrogens is 9. The molecule has 0 aliphatic carbocycles. The number of hydrogen-bond donors (Lipinski definition) is 2. The van der Waals surface area contributed by atoms with Crippen molar-refractivity contribution in [3.63, 3.8) is 0 Å². The van der Waals surface area contributed by atoms with Crippen molar-refractivity contribution in [2.75, 3.05) is 14.2 Å². The number of rotatable bonds is 15. The summed E-state index contributed by atoms with van der Waals surface area (Å²) >= 11 is 8.23. The number of methoxy groups -OCH3 is 2. The van der Waals surface area contributed by atoms with Gasteiger partial charge in [0, 0.05) is 22.2 Å². The standard InChI is InChI=1S/C22H16F3N3O3S.C16H11ClF3N3O2S.C14H8F3N3O2S.C6H6O.Na.H/c1-29-15-9-7-14(8-10-15)12-30-18-11-19(31-16-5-3-2-4-6-16)28-20(27-18)21-26-17(13-32-21)22(23,24)25;1-24-10-4-2-9(3-5-10)7-25-13-6-12(17)22-14(23-13)15-21-11(8-26-15)16(18,19)20;15-14(16,17)9-7-23-13(18-9)12-19-10(21)6-11(20-12)22-8-4-2-1-3-5-8;7-6-4-2-1-3-5-6;;/h2-11,13H,12H2,1H3;2-6,8H,7H2,1H3;1-7H,(H,19,20,21);1-5,7H;;/q;;;;+1;-1. The van der Waals surface area contributed by atoms with Gasteiger partial charge in [-0.2, -0.15) is 59.4 Å². The third-order valence-electron chi connectivity index (χ3n) is 10.8. The Kier molecular flexibility index (Phi) is 24.0. The molecule has 6 aromatic heterocycles. The molecule has 0 atom stereocenters. The van der Waals surface area contributed by atoms with E-state index >= 15 is 0 Å². The van der Waals surface area contributed by atoms with E-state index in [9.17, 15) is 44.3 Å². The van der Waals surface area contributed by atoms with Crippen LogP contribution in [-0.2, 0) is 31.7 Å². The van der Waals surface area contributed by atoms with Crippen LogP contribution < -0.4 is 63.5 Å². The Bertz CT molecular complexity index is 4070. The van der Waals surface area contributed by atoms with Gasteiger partial charge in [-0.25, -0.2) is 19.9 Å². The van der Waals surface area contributed by atoms with Gasteiger partial charge in [-0.15, -0.1) is 34.0 Å². The molecule has 456 valence electrons. The van der Waals surface area contributed by atoms with Gasteiger partial charge in [0.05, 0.1) is 26.4 Å². The van der Waals surface area contributed by atoms with E-state index in [1.54, 1.807) is 117 Å². The molecule has 0 unspecified atom stereocenters. The molecule has 11 aromatic rings. The van der Waals surface area contributed by atoms with Crippen LogP contribution in [0.1, 0.15) is 29.6 Å². The van der Waals surface area contributed by atoms with Crippen LogP contribution in [0.4, 0.5) is 39.5 Å². The number of phenols is 1. The van der Waals surface area contributed by atoms with E-state index in [1.807, 2.05) is 36.4 Å². The number of thiazole rings is 3. The molecule has 0 bridgehead atoms. The number of phenolic OH excluding ortho intramolecular Hbond substituents is 1. The van der Waals surface area contributed by atoms with Crippen molar-refractivity contribution in [2.45, 2.75) is 31.7 Å². The Labute approximate surface area is 539 Å². The first-order valence-corrected chi connectivity index (χ1v) is 27.9. The molecule has 89 heavy (non-hydrogen) atoms. The summed E-state index contributed by atoms with van der Waals surface area (Å²) in [7, 11) is 3.14. The van der Waals surface area contributed by atoms with Crippen LogP contribution in [0.25, 0.3) is 32.5 Å². The summed E-state index contributed by atoms with van der Waals surface area (Å²) in [6, 6.07) is 44.6. The number of benzene rings is 5. The van der Waals surface area contributed by atoms with Crippen molar-refractivity contribution in [3.8, 4) is 84.8 Å². The Morgan fingerprint density at radius 3 is 1.26 bits per heavy atom. The SMILES string of the molecule is COc1ccc(COc2cc(Cl)nc(-c3nc(C(F)(F)F)cs3)n2)cc1.COc1ccc(COc2cc(Oc3ccccc3)nc(-c3nc(C(F)(F)F)cs3)n2)cc1.O=c1cc(Oc2ccccc2)nc(-c2nc(C(F)(F)F)cs2)[nH]1.Oc1ccccc1.[H-].[Na+]. The summed E-state index contributed by atoms with van der Waals surface area (Å²) in [5, 5.41) is 11.3. The summed E-state index contributed by atoms with van der Waals surface area (Å²) < 4.78 is 147. The van der Waals surface area contributed by atoms with E-state index in [4.69, 9.17) is 45.1 Å². The van der Waals surface area contributed by atoms with Gasteiger partial charge in [0.2, 0.25) is 23.5 Å². The minimum absolute atomic E-state index is 0. The van der Waals surface area contributed by atoms with Crippen LogP contribution in [0.2, 0.25) is 5.15 Å². The van der Waals surface area contributed by atoms with Crippen LogP contribution in [-0.4, -0.2) is 64.2 Å². The maximum Gasteiger partial charge on any atom is 1.00 e. The molecular formula is C58H42ClF9N9NaO8S3. The number of aromatic hydroxyl groups is 1. The van der Waals surface area contributed by atoms with Crippen LogP contribution in [0.3, 0.4) is 0 Å². The molecule has 0 aliphatic rings. The molecule has 2 N–H and O–H groups in total. The first-order valence-electron chi connectivity index (χ1n) is 24.9. The summed E-state index contributed by atoms with van der Waals surface area (Å²) in [4.78, 5) is 45.0. The number of ether oxygens (including phenoxy) is 6. The van der Waals surface area contributed by atoms with Crippen molar-refractivity contribution >= 4 is 45.6 Å². The van der Waals surface area contributed by atoms with Crippen molar-refractivity contribution < 1.29 is 104 Å². The van der Waals surface area contributed by atoms with Crippen LogP contribution in [0, 0.1) is 0 Å². The number of aromatic amines is 1. The summed E-state index contributed by atoms with van der Waals surface area (Å²) in [6.07, 6.45) is -13.6. The zero-order valence-corrected chi connectivity index (χ0v) is 51.2. The molecule has 0 radical (unpaired) electrons. The second-order valence-electron chi connectivity index (χ2n) is 17.2. The average Bonchev–Trinajstić information content (AvgIpc) is 2.84. The average molecular weight is 1320 g/mol. The van der Waals surface area contributed by atoms with Gasteiger partial charge in [-0.3, -0.25) is 4.79 Å². The molecule has 31 heteroatoms. The molecule has 17 nitrogen and oxygen atoms in total. The maximum atomic E-state index is 13.0. The van der Waals surface area contributed by atoms with Gasteiger partial charge in [0.15, 0.2) is 49.6 Å². The Hall–Kier alpha value is -8.71. The van der Waals surface area contributed by atoms with Gasteiger partial charge in [-0.05, 0) is 71.8 Å². The molecule has 0 amide bonds.